The van der Waals surface area contributed by atoms with E-state index in [2.05, 4.69) is 49.0 Å². The molecule has 4 aromatic rings. The van der Waals surface area contributed by atoms with Crippen LogP contribution in [0.4, 0.5) is 11.4 Å². The van der Waals surface area contributed by atoms with Crippen LogP contribution in [0.5, 0.6) is 0 Å². The molecule has 6 rings (SSSR count). The zero-order valence-corrected chi connectivity index (χ0v) is 39.1. The van der Waals surface area contributed by atoms with Gasteiger partial charge in [0, 0.05) is 59.8 Å². The maximum atomic E-state index is 14.6. The van der Waals surface area contributed by atoms with Gasteiger partial charge in [-0.05, 0) is 73.9 Å². The predicted octanol–water partition coefficient (Wildman–Crippen LogP) is 9.21. The van der Waals surface area contributed by atoms with Crippen molar-refractivity contribution in [3.8, 4) is 11.1 Å². The SMILES string of the molecule is CCCCC(CC)COCCCNCC(=O)Nc1ccc(-c2ccc(NC(=O)CNCCCOCC(CC)CCCC)c3c2C(=O)c2ccccc2C3=O)c2c1C(=O)c1ccccc1C2=O. The Hall–Kier alpha value is -5.66. The molecule has 0 bridgehead atoms. The fourth-order valence-corrected chi connectivity index (χ4v) is 8.79. The number of unbranched alkanes of at least 4 members (excludes halogenated alkanes) is 2. The average molecular weight is 899 g/mol. The fraction of sp³-hybridized carbons (Fsp3) is 0.444. The molecule has 0 saturated carbocycles. The van der Waals surface area contributed by atoms with Gasteiger partial charge in [-0.15, -0.1) is 0 Å². The van der Waals surface area contributed by atoms with Crippen molar-refractivity contribution in [2.75, 3.05) is 63.2 Å². The molecule has 0 spiro atoms. The highest BCUT2D eigenvalue weighted by Crippen LogP contribution is 2.43. The lowest BCUT2D eigenvalue weighted by atomic mass is 9.75. The van der Waals surface area contributed by atoms with Gasteiger partial charge in [-0.25, -0.2) is 0 Å². The number of carbonyl (C=O) groups is 6. The molecular weight excluding hydrogens is 833 g/mol. The van der Waals surface area contributed by atoms with Gasteiger partial charge in [-0.3, -0.25) is 28.8 Å². The van der Waals surface area contributed by atoms with Crippen molar-refractivity contribution in [1.29, 1.82) is 0 Å². The van der Waals surface area contributed by atoms with Crippen molar-refractivity contribution in [2.45, 2.75) is 91.9 Å². The zero-order chi connectivity index (χ0) is 47.0. The summed E-state index contributed by atoms with van der Waals surface area (Å²) >= 11 is 0. The number of hydrogen-bond donors (Lipinski definition) is 4. The number of amides is 2. The highest BCUT2D eigenvalue weighted by molar-refractivity contribution is 6.35. The molecule has 0 radical (unpaired) electrons. The predicted molar refractivity (Wildman–Crippen MR) is 259 cm³/mol. The lowest BCUT2D eigenvalue weighted by molar-refractivity contribution is -0.116. The number of benzene rings is 4. The lowest BCUT2D eigenvalue weighted by Crippen LogP contribution is -2.31. The van der Waals surface area contributed by atoms with Crippen molar-refractivity contribution in [3.63, 3.8) is 0 Å². The highest BCUT2D eigenvalue weighted by Gasteiger charge is 2.38. The van der Waals surface area contributed by atoms with E-state index < -0.39 is 34.9 Å². The van der Waals surface area contributed by atoms with Gasteiger partial charge < -0.3 is 30.7 Å². The van der Waals surface area contributed by atoms with E-state index in [9.17, 15) is 28.8 Å². The molecule has 0 aromatic heterocycles. The number of ether oxygens (including phenoxy) is 2. The Morgan fingerprint density at radius 1 is 0.470 bits per heavy atom. The van der Waals surface area contributed by atoms with Gasteiger partial charge in [0.05, 0.1) is 35.6 Å². The van der Waals surface area contributed by atoms with Crippen LogP contribution in [0, 0.1) is 11.8 Å². The lowest BCUT2D eigenvalue weighted by Gasteiger charge is -2.26. The number of anilines is 2. The molecule has 0 fully saturated rings. The van der Waals surface area contributed by atoms with E-state index in [-0.39, 0.29) is 80.1 Å². The second-order valence-corrected chi connectivity index (χ2v) is 17.4. The topological polar surface area (TPSA) is 169 Å². The van der Waals surface area contributed by atoms with Crippen LogP contribution >= 0.6 is 0 Å². The summed E-state index contributed by atoms with van der Waals surface area (Å²) in [6, 6.07) is 19.3. The highest BCUT2D eigenvalue weighted by atomic mass is 16.5. The summed E-state index contributed by atoms with van der Waals surface area (Å²) in [5.74, 6) is -1.58. The van der Waals surface area contributed by atoms with Crippen LogP contribution in [0.25, 0.3) is 11.1 Å². The largest absolute Gasteiger partial charge is 0.381 e. The first-order valence-corrected chi connectivity index (χ1v) is 24.0. The first kappa shape index (κ1) is 49.8. The number of nitrogens with one attached hydrogen (secondary N) is 4. The molecule has 2 aliphatic rings. The van der Waals surface area contributed by atoms with Crippen LogP contribution in [0.1, 0.15) is 156 Å². The van der Waals surface area contributed by atoms with Gasteiger partial charge in [0.25, 0.3) is 0 Å². The second kappa shape index (κ2) is 24.7. The van der Waals surface area contributed by atoms with Gasteiger partial charge in [0.2, 0.25) is 11.8 Å². The third-order valence-electron chi connectivity index (χ3n) is 12.6. The third-order valence-corrected chi connectivity index (χ3v) is 12.6. The molecule has 0 saturated heterocycles. The molecule has 4 aromatic carbocycles. The van der Waals surface area contributed by atoms with Crippen molar-refractivity contribution in [2.24, 2.45) is 11.8 Å². The van der Waals surface area contributed by atoms with Gasteiger partial charge in [-0.2, -0.15) is 0 Å². The van der Waals surface area contributed by atoms with Crippen LogP contribution < -0.4 is 21.3 Å². The molecule has 12 nitrogen and oxygen atoms in total. The molecule has 2 amide bonds. The molecule has 350 valence electrons. The number of ketones is 4. The molecule has 12 heteroatoms. The Bertz CT molecular complexity index is 2230. The van der Waals surface area contributed by atoms with Crippen LogP contribution in [0.3, 0.4) is 0 Å². The van der Waals surface area contributed by atoms with Crippen LogP contribution in [-0.2, 0) is 19.1 Å². The van der Waals surface area contributed by atoms with E-state index in [0.29, 0.717) is 38.1 Å². The van der Waals surface area contributed by atoms with Gasteiger partial charge >= 0.3 is 0 Å². The quantitative estimate of drug-likeness (QED) is 0.0366. The van der Waals surface area contributed by atoms with Crippen molar-refractivity contribution < 1.29 is 38.2 Å². The Balaban J connectivity index is 1.22. The standard InChI is InChI=1S/C54H66N4O8/c1-5-9-17-35(7-3)33-65-29-15-27-55-31-45(59)57-43-25-23-37(47-49(43)53(63)41-21-13-11-19-39(41)51(47)61)38-24-26-44(50-48(38)52(62)40-20-12-14-22-42(40)54(50)64)58-46(60)32-56-28-16-30-66-34-36(8-4)18-10-6-2/h11-14,19-26,35-36,55-56H,5-10,15-18,27-34H2,1-4H3,(H,57,59)(H,58,60). The maximum absolute atomic E-state index is 14.6. The van der Waals surface area contributed by atoms with Crippen LogP contribution in [0.2, 0.25) is 0 Å². The Morgan fingerprint density at radius 2 is 0.833 bits per heavy atom. The van der Waals surface area contributed by atoms with E-state index in [4.69, 9.17) is 9.47 Å². The fourth-order valence-electron chi connectivity index (χ4n) is 8.79. The Labute approximate surface area is 389 Å². The zero-order valence-electron chi connectivity index (χ0n) is 39.1. The van der Waals surface area contributed by atoms with Crippen molar-refractivity contribution in [1.82, 2.24) is 10.6 Å². The average Bonchev–Trinajstić information content (AvgIpc) is 3.33. The molecule has 4 N–H and O–H groups in total. The molecule has 2 atom stereocenters. The normalized spacial score (nSPS) is 13.7. The first-order valence-electron chi connectivity index (χ1n) is 24.0. The Morgan fingerprint density at radius 3 is 1.18 bits per heavy atom. The summed E-state index contributed by atoms with van der Waals surface area (Å²) in [5.41, 5.74) is 1.51. The van der Waals surface area contributed by atoms with Crippen LogP contribution in [-0.4, -0.2) is 87.6 Å². The number of fused-ring (bicyclic) bond motifs is 4. The third kappa shape index (κ3) is 12.0. The van der Waals surface area contributed by atoms with Gasteiger partial charge in [-0.1, -0.05) is 127 Å². The van der Waals surface area contributed by atoms with Crippen LogP contribution in [0.15, 0.2) is 72.8 Å². The first-order chi connectivity index (χ1) is 32.1. The van der Waals surface area contributed by atoms with Crippen molar-refractivity contribution in [3.05, 3.63) is 117 Å². The minimum absolute atomic E-state index is 0.00313. The minimum atomic E-state index is -0.469. The number of rotatable bonds is 27. The molecule has 2 unspecified atom stereocenters. The maximum Gasteiger partial charge on any atom is 0.238 e. The summed E-state index contributed by atoms with van der Waals surface area (Å²) in [4.78, 5) is 84.7. The van der Waals surface area contributed by atoms with Crippen molar-refractivity contribution >= 4 is 46.3 Å². The summed E-state index contributed by atoms with van der Waals surface area (Å²) in [5, 5.41) is 12.0. The number of hydrogen-bond acceptors (Lipinski definition) is 10. The monoisotopic (exact) mass is 898 g/mol. The smallest absolute Gasteiger partial charge is 0.238 e. The Kier molecular flexibility index (Phi) is 18.7. The van der Waals surface area contributed by atoms with E-state index in [0.717, 1.165) is 51.7 Å². The molecule has 66 heavy (non-hydrogen) atoms. The molecule has 0 aliphatic heterocycles. The summed E-state index contributed by atoms with van der Waals surface area (Å²) < 4.78 is 11.8. The summed E-state index contributed by atoms with van der Waals surface area (Å²) in [7, 11) is 0. The minimum Gasteiger partial charge on any atom is -0.381 e. The molecule has 2 aliphatic carbocycles. The molecular formula is C54H66N4O8. The summed E-state index contributed by atoms with van der Waals surface area (Å²) in [6.45, 7) is 12.4. The number of carbonyl (C=O) groups excluding carboxylic acids is 6. The second-order valence-electron chi connectivity index (χ2n) is 17.4. The van der Waals surface area contributed by atoms with Gasteiger partial charge in [0.15, 0.2) is 23.1 Å². The van der Waals surface area contributed by atoms with E-state index in [1.54, 1.807) is 72.8 Å². The van der Waals surface area contributed by atoms with E-state index in [1.807, 2.05) is 0 Å². The molecule has 0 heterocycles. The summed E-state index contributed by atoms with van der Waals surface area (Å²) in [6.07, 6.45) is 10.6. The van der Waals surface area contributed by atoms with Gasteiger partial charge in [0.1, 0.15) is 0 Å². The van der Waals surface area contributed by atoms with E-state index >= 15 is 0 Å². The van der Waals surface area contributed by atoms with E-state index in [1.165, 1.54) is 25.7 Å².